The second kappa shape index (κ2) is 9.24. The van der Waals surface area contributed by atoms with E-state index in [1.54, 1.807) is 0 Å². The van der Waals surface area contributed by atoms with Gasteiger partial charge in [-0.3, -0.25) is 4.79 Å². The van der Waals surface area contributed by atoms with E-state index in [0.717, 1.165) is 42.8 Å². The molecule has 0 bridgehead atoms. The van der Waals surface area contributed by atoms with Gasteiger partial charge in [-0.1, -0.05) is 23.7 Å². The van der Waals surface area contributed by atoms with Crippen molar-refractivity contribution in [2.45, 2.75) is 45.2 Å². The van der Waals surface area contributed by atoms with Crippen molar-refractivity contribution >= 4 is 29.3 Å². The summed E-state index contributed by atoms with van der Waals surface area (Å²) in [6.07, 6.45) is 3.62. The second-order valence-electron chi connectivity index (χ2n) is 7.62. The van der Waals surface area contributed by atoms with Gasteiger partial charge in [-0.05, 0) is 50.3 Å². The highest BCUT2D eigenvalue weighted by atomic mass is 35.5. The number of nitrogens with one attached hydrogen (secondary N) is 2. The van der Waals surface area contributed by atoms with Crippen molar-refractivity contribution in [1.29, 1.82) is 0 Å². The number of amides is 1. The van der Waals surface area contributed by atoms with Crippen LogP contribution in [0.15, 0.2) is 30.3 Å². The van der Waals surface area contributed by atoms with E-state index < -0.39 is 0 Å². The molecule has 1 aliphatic rings. The third-order valence-electron chi connectivity index (χ3n) is 5.11. The van der Waals surface area contributed by atoms with Gasteiger partial charge in [-0.2, -0.15) is 4.98 Å². The summed E-state index contributed by atoms with van der Waals surface area (Å²) >= 11 is 5.90. The monoisotopic (exact) mass is 401 g/mol. The van der Waals surface area contributed by atoms with Crippen LogP contribution in [0.25, 0.3) is 0 Å². The Kier molecular flexibility index (Phi) is 6.73. The summed E-state index contributed by atoms with van der Waals surface area (Å²) in [7, 11) is 3.94. The maximum Gasteiger partial charge on any atom is 0.225 e. The largest absolute Gasteiger partial charge is 0.363 e. The number of carbonyl (C=O) groups is 1. The molecule has 0 atom stereocenters. The van der Waals surface area contributed by atoms with E-state index >= 15 is 0 Å². The summed E-state index contributed by atoms with van der Waals surface area (Å²) in [5.41, 5.74) is 2.00. The zero-order chi connectivity index (χ0) is 20.1. The quantitative estimate of drug-likeness (QED) is 0.770. The Labute approximate surface area is 171 Å². The Morgan fingerprint density at radius 2 is 1.82 bits per heavy atom. The molecule has 0 saturated heterocycles. The zero-order valence-corrected chi connectivity index (χ0v) is 17.5. The average Bonchev–Trinajstić information content (AvgIpc) is 2.67. The molecule has 0 spiro atoms. The van der Waals surface area contributed by atoms with Gasteiger partial charge in [0.1, 0.15) is 5.82 Å². The van der Waals surface area contributed by atoms with Crippen LogP contribution in [0.1, 0.15) is 36.9 Å². The summed E-state index contributed by atoms with van der Waals surface area (Å²) in [6.45, 7) is 2.51. The lowest BCUT2D eigenvalue weighted by molar-refractivity contribution is -0.126. The first kappa shape index (κ1) is 20.4. The van der Waals surface area contributed by atoms with E-state index in [1.807, 2.05) is 56.3 Å². The van der Waals surface area contributed by atoms with Gasteiger partial charge in [0.15, 0.2) is 0 Å². The predicted molar refractivity (Wildman–Crippen MR) is 114 cm³/mol. The van der Waals surface area contributed by atoms with Crippen LogP contribution in [0.3, 0.4) is 0 Å². The fourth-order valence-electron chi connectivity index (χ4n) is 3.46. The highest BCUT2D eigenvalue weighted by Crippen LogP contribution is 2.26. The lowest BCUT2D eigenvalue weighted by Crippen LogP contribution is -2.35. The Balaban J connectivity index is 1.47. The van der Waals surface area contributed by atoms with Crippen LogP contribution in [0, 0.1) is 12.8 Å². The van der Waals surface area contributed by atoms with Crippen molar-refractivity contribution in [2.75, 3.05) is 24.3 Å². The van der Waals surface area contributed by atoms with Gasteiger partial charge in [0.25, 0.3) is 0 Å². The summed E-state index contributed by atoms with van der Waals surface area (Å²) < 4.78 is 0. The van der Waals surface area contributed by atoms with Crippen molar-refractivity contribution in [3.63, 3.8) is 0 Å². The minimum atomic E-state index is 0.0705. The standard InChI is InChI=1S/C21H28ClN5O/c1-14-12-19(27(2)3)26-21(24-14)25-18-10-6-16(7-11-18)20(28)23-13-15-4-8-17(22)9-5-15/h4-5,8-9,12,16,18H,6-7,10-11,13H2,1-3H3,(H,23,28)(H,24,25,26)/t16-,18+. The topological polar surface area (TPSA) is 70.2 Å². The number of benzene rings is 1. The molecule has 3 rings (SSSR count). The third-order valence-corrected chi connectivity index (χ3v) is 5.36. The molecule has 1 aliphatic carbocycles. The normalized spacial score (nSPS) is 19.1. The molecule has 1 saturated carbocycles. The molecule has 2 aromatic rings. The van der Waals surface area contributed by atoms with E-state index in [4.69, 9.17) is 11.6 Å². The number of halogens is 1. The Morgan fingerprint density at radius 3 is 2.46 bits per heavy atom. The minimum Gasteiger partial charge on any atom is -0.363 e. The summed E-state index contributed by atoms with van der Waals surface area (Å²) in [4.78, 5) is 23.5. The zero-order valence-electron chi connectivity index (χ0n) is 16.7. The van der Waals surface area contributed by atoms with Gasteiger partial charge in [0.2, 0.25) is 11.9 Å². The van der Waals surface area contributed by atoms with Gasteiger partial charge in [-0.25, -0.2) is 4.98 Å². The van der Waals surface area contributed by atoms with Gasteiger partial charge in [0, 0.05) is 49.4 Å². The highest BCUT2D eigenvalue weighted by Gasteiger charge is 2.26. The molecule has 7 heteroatoms. The van der Waals surface area contributed by atoms with Crippen LogP contribution < -0.4 is 15.5 Å². The molecule has 1 fully saturated rings. The smallest absolute Gasteiger partial charge is 0.225 e. The van der Waals surface area contributed by atoms with Crippen molar-refractivity contribution in [3.8, 4) is 0 Å². The molecule has 1 aromatic heterocycles. The first-order chi connectivity index (χ1) is 13.4. The molecular weight excluding hydrogens is 374 g/mol. The van der Waals surface area contributed by atoms with Crippen LogP contribution >= 0.6 is 11.6 Å². The summed E-state index contributed by atoms with van der Waals surface area (Å²) in [5, 5.41) is 7.20. The average molecular weight is 402 g/mol. The van der Waals surface area contributed by atoms with Crippen LogP contribution in [0.4, 0.5) is 11.8 Å². The maximum atomic E-state index is 12.5. The highest BCUT2D eigenvalue weighted by molar-refractivity contribution is 6.30. The molecule has 0 radical (unpaired) electrons. The number of anilines is 2. The fraction of sp³-hybridized carbons (Fsp3) is 0.476. The molecule has 1 heterocycles. The SMILES string of the molecule is Cc1cc(N(C)C)nc(N[C@H]2CC[C@@H](C(=O)NCc3ccc(Cl)cc3)CC2)n1. The molecule has 0 aliphatic heterocycles. The number of aryl methyl sites for hydroxylation is 1. The summed E-state index contributed by atoms with van der Waals surface area (Å²) in [6, 6.07) is 9.83. The fourth-order valence-corrected chi connectivity index (χ4v) is 3.59. The van der Waals surface area contributed by atoms with Crippen LogP contribution in [-0.2, 0) is 11.3 Å². The molecular formula is C21H28ClN5O. The van der Waals surface area contributed by atoms with Crippen molar-refractivity contribution in [3.05, 3.63) is 46.6 Å². The van der Waals surface area contributed by atoms with E-state index in [0.29, 0.717) is 23.6 Å². The van der Waals surface area contributed by atoms with Gasteiger partial charge in [0.05, 0.1) is 0 Å². The summed E-state index contributed by atoms with van der Waals surface area (Å²) in [5.74, 6) is 1.76. The first-order valence-electron chi connectivity index (χ1n) is 9.72. The molecule has 2 N–H and O–H groups in total. The number of hydrogen-bond acceptors (Lipinski definition) is 5. The molecule has 6 nitrogen and oxygen atoms in total. The van der Waals surface area contributed by atoms with E-state index in [-0.39, 0.29) is 11.8 Å². The Hall–Kier alpha value is -2.34. The van der Waals surface area contributed by atoms with E-state index in [2.05, 4.69) is 20.6 Å². The van der Waals surface area contributed by atoms with E-state index in [1.165, 1.54) is 0 Å². The van der Waals surface area contributed by atoms with Crippen LogP contribution in [0.2, 0.25) is 5.02 Å². The molecule has 1 amide bonds. The molecule has 1 aromatic carbocycles. The Morgan fingerprint density at radius 1 is 1.14 bits per heavy atom. The van der Waals surface area contributed by atoms with Gasteiger partial charge >= 0.3 is 0 Å². The number of carbonyl (C=O) groups excluding carboxylic acids is 1. The number of nitrogens with zero attached hydrogens (tertiary/aromatic N) is 3. The molecule has 28 heavy (non-hydrogen) atoms. The lowest BCUT2D eigenvalue weighted by Gasteiger charge is -2.28. The predicted octanol–water partition coefficient (Wildman–Crippen LogP) is 3.79. The number of hydrogen-bond donors (Lipinski definition) is 2. The van der Waals surface area contributed by atoms with Gasteiger partial charge < -0.3 is 15.5 Å². The lowest BCUT2D eigenvalue weighted by atomic mass is 9.85. The minimum absolute atomic E-state index is 0.0705. The molecule has 0 unspecified atom stereocenters. The van der Waals surface area contributed by atoms with E-state index in [9.17, 15) is 4.79 Å². The first-order valence-corrected chi connectivity index (χ1v) is 10.1. The van der Waals surface area contributed by atoms with Crippen LogP contribution in [-0.4, -0.2) is 36.0 Å². The molecule has 150 valence electrons. The van der Waals surface area contributed by atoms with Crippen molar-refractivity contribution in [1.82, 2.24) is 15.3 Å². The third kappa shape index (κ3) is 5.58. The Bertz CT molecular complexity index is 801. The second-order valence-corrected chi connectivity index (χ2v) is 8.06. The number of aromatic nitrogens is 2. The number of rotatable bonds is 6. The van der Waals surface area contributed by atoms with Gasteiger partial charge in [-0.15, -0.1) is 0 Å². The maximum absolute atomic E-state index is 12.5. The van der Waals surface area contributed by atoms with Crippen molar-refractivity contribution in [2.24, 2.45) is 5.92 Å². The van der Waals surface area contributed by atoms with Crippen molar-refractivity contribution < 1.29 is 4.79 Å². The van der Waals surface area contributed by atoms with Crippen LogP contribution in [0.5, 0.6) is 0 Å².